The lowest BCUT2D eigenvalue weighted by Gasteiger charge is -2.02. The fourth-order valence-corrected chi connectivity index (χ4v) is 2.21. The second-order valence-corrected chi connectivity index (χ2v) is 6.45. The number of pyridine rings is 1. The third-order valence-electron chi connectivity index (χ3n) is 1.42. The van der Waals surface area contributed by atoms with Crippen molar-refractivity contribution in [2.45, 2.75) is 0 Å². The zero-order chi connectivity index (χ0) is 11.7. The number of rotatable bonds is 2. The minimum atomic E-state index is -3.62. The van der Waals surface area contributed by atoms with Gasteiger partial charge in [-0.1, -0.05) is 6.07 Å². The Labute approximate surface area is 88.0 Å². The Morgan fingerprint density at radius 2 is 1.73 bits per heavy atom. The molecule has 0 unspecified atom stereocenters. The summed E-state index contributed by atoms with van der Waals surface area (Å²) in [5, 5.41) is 0. The Morgan fingerprint density at radius 3 is 2.20 bits per heavy atom. The van der Waals surface area contributed by atoms with Gasteiger partial charge >= 0.3 is 0 Å². The van der Waals surface area contributed by atoms with Crippen LogP contribution in [0.1, 0.15) is 0 Å². The number of sulfonamides is 1. The van der Waals surface area contributed by atoms with Gasteiger partial charge in [0, 0.05) is 6.20 Å². The van der Waals surface area contributed by atoms with E-state index >= 15 is 0 Å². The van der Waals surface area contributed by atoms with Crippen LogP contribution in [0, 0.1) is 0 Å². The molecule has 0 aromatic carbocycles. The van der Waals surface area contributed by atoms with Crippen molar-refractivity contribution in [3.63, 3.8) is 0 Å². The highest BCUT2D eigenvalue weighted by Gasteiger charge is 2.06. The number of hydrogen-bond acceptors (Lipinski definition) is 4. The van der Waals surface area contributed by atoms with E-state index in [-0.39, 0.29) is 5.49 Å². The molecule has 0 aliphatic carbocycles. The van der Waals surface area contributed by atoms with Gasteiger partial charge in [0.1, 0.15) is 0 Å². The summed E-state index contributed by atoms with van der Waals surface area (Å²) in [4.78, 5) is 0. The van der Waals surface area contributed by atoms with Gasteiger partial charge in [0.25, 0.3) is 10.0 Å². The Morgan fingerprint density at radius 1 is 1.13 bits per heavy atom. The third kappa shape index (κ3) is 3.48. The van der Waals surface area contributed by atoms with E-state index in [4.69, 9.17) is 0 Å². The first-order valence-electron chi connectivity index (χ1n) is 3.84. The SMILES string of the molecule is CS(=O)(=O)/N=c1\ccccn1S(C)(=O)=O. The lowest BCUT2D eigenvalue weighted by atomic mass is 10.5. The summed E-state index contributed by atoms with van der Waals surface area (Å²) in [7, 11) is -7.17. The molecule has 0 N–H and O–H groups in total. The molecule has 0 atom stereocenters. The summed E-state index contributed by atoms with van der Waals surface area (Å²) in [6.45, 7) is 0. The first-order valence-corrected chi connectivity index (χ1v) is 7.54. The largest absolute Gasteiger partial charge is 0.252 e. The fraction of sp³-hybridized carbons (Fsp3) is 0.286. The topological polar surface area (TPSA) is 85.6 Å². The van der Waals surface area contributed by atoms with Gasteiger partial charge in [-0.2, -0.15) is 0 Å². The van der Waals surface area contributed by atoms with Crippen LogP contribution < -0.4 is 5.49 Å². The second kappa shape index (κ2) is 3.78. The number of aromatic nitrogens is 1. The molecule has 0 saturated heterocycles. The maximum absolute atomic E-state index is 11.2. The Bertz CT molecular complexity index is 625. The van der Waals surface area contributed by atoms with Gasteiger partial charge < -0.3 is 0 Å². The van der Waals surface area contributed by atoms with E-state index < -0.39 is 20.0 Å². The predicted molar refractivity (Wildman–Crippen MR) is 55.1 cm³/mol. The van der Waals surface area contributed by atoms with Crippen molar-refractivity contribution >= 4 is 20.0 Å². The zero-order valence-corrected chi connectivity index (χ0v) is 9.79. The lowest BCUT2D eigenvalue weighted by molar-refractivity contribution is 0.590. The minimum Gasteiger partial charge on any atom is -0.228 e. The van der Waals surface area contributed by atoms with E-state index in [1.807, 2.05) is 0 Å². The smallest absolute Gasteiger partial charge is 0.228 e. The van der Waals surface area contributed by atoms with E-state index in [9.17, 15) is 16.8 Å². The van der Waals surface area contributed by atoms with Crippen LogP contribution >= 0.6 is 0 Å². The number of nitrogens with zero attached hydrogens (tertiary/aromatic N) is 2. The van der Waals surface area contributed by atoms with Crippen LogP contribution in [0.15, 0.2) is 28.8 Å². The quantitative estimate of drug-likeness (QED) is 0.684. The summed E-state index contributed by atoms with van der Waals surface area (Å²) >= 11 is 0. The predicted octanol–water partition coefficient (Wildman–Crippen LogP) is -0.844. The van der Waals surface area contributed by atoms with Gasteiger partial charge in [-0.25, -0.2) is 20.8 Å². The third-order valence-corrected chi connectivity index (χ3v) is 2.96. The summed E-state index contributed by atoms with van der Waals surface area (Å²) in [6.07, 6.45) is 3.10. The van der Waals surface area contributed by atoms with Crippen LogP contribution in [0.3, 0.4) is 0 Å². The molecule has 0 radical (unpaired) electrons. The number of hydrogen-bond donors (Lipinski definition) is 0. The highest BCUT2D eigenvalue weighted by molar-refractivity contribution is 7.89. The lowest BCUT2D eigenvalue weighted by Crippen LogP contribution is -2.27. The fourth-order valence-electron chi connectivity index (χ4n) is 0.940. The first kappa shape index (κ1) is 11.9. The maximum atomic E-state index is 11.2. The Hall–Kier alpha value is -1.15. The minimum absolute atomic E-state index is 0.137. The van der Waals surface area contributed by atoms with E-state index in [0.717, 1.165) is 16.5 Å². The van der Waals surface area contributed by atoms with Crippen LogP contribution in [-0.2, 0) is 20.0 Å². The highest BCUT2D eigenvalue weighted by atomic mass is 32.2. The average molecular weight is 250 g/mol. The van der Waals surface area contributed by atoms with Crippen LogP contribution in [0.2, 0.25) is 0 Å². The van der Waals surface area contributed by atoms with Crippen LogP contribution in [0.4, 0.5) is 0 Å². The molecular formula is C7H10N2O4S2. The van der Waals surface area contributed by atoms with Crippen LogP contribution in [0.5, 0.6) is 0 Å². The Kier molecular flexibility index (Phi) is 3.00. The van der Waals surface area contributed by atoms with Crippen molar-refractivity contribution in [1.29, 1.82) is 0 Å². The van der Waals surface area contributed by atoms with E-state index in [1.165, 1.54) is 24.4 Å². The summed E-state index contributed by atoms with van der Waals surface area (Å²) < 4.78 is 48.4. The monoisotopic (exact) mass is 250 g/mol. The molecule has 1 heterocycles. The van der Waals surface area contributed by atoms with Gasteiger partial charge in [-0.3, -0.25) is 0 Å². The van der Waals surface area contributed by atoms with Crippen molar-refractivity contribution in [3.05, 3.63) is 29.9 Å². The molecule has 0 saturated carbocycles. The summed E-state index contributed by atoms with van der Waals surface area (Å²) in [5.74, 6) is 0. The molecule has 0 aliphatic rings. The molecule has 0 bridgehead atoms. The molecule has 0 aliphatic heterocycles. The standard InChI is InChI=1S/C7H10N2O4S2/c1-14(10,11)8-7-5-3-4-6-9(7)15(2,12)13/h3-6H,1-2H3/b8-7+. The van der Waals surface area contributed by atoms with Gasteiger partial charge in [0.05, 0.1) is 12.5 Å². The normalized spacial score (nSPS) is 14.1. The van der Waals surface area contributed by atoms with Gasteiger partial charge in [0.15, 0.2) is 5.49 Å². The molecule has 0 spiro atoms. The molecule has 8 heteroatoms. The molecule has 1 aromatic heterocycles. The maximum Gasteiger partial charge on any atom is 0.252 e. The molecule has 1 rings (SSSR count). The molecule has 15 heavy (non-hydrogen) atoms. The van der Waals surface area contributed by atoms with Gasteiger partial charge in [-0.05, 0) is 12.1 Å². The molecule has 84 valence electrons. The van der Waals surface area contributed by atoms with Crippen molar-refractivity contribution in [2.75, 3.05) is 12.5 Å². The van der Waals surface area contributed by atoms with Crippen molar-refractivity contribution in [2.24, 2.45) is 4.40 Å². The first-order chi connectivity index (χ1) is 6.70. The molecular weight excluding hydrogens is 240 g/mol. The summed E-state index contributed by atoms with van der Waals surface area (Å²) in [6, 6.07) is 4.29. The van der Waals surface area contributed by atoms with E-state index in [2.05, 4.69) is 4.40 Å². The zero-order valence-electron chi connectivity index (χ0n) is 8.15. The van der Waals surface area contributed by atoms with Crippen molar-refractivity contribution < 1.29 is 16.8 Å². The van der Waals surface area contributed by atoms with Crippen molar-refractivity contribution in [1.82, 2.24) is 3.97 Å². The van der Waals surface area contributed by atoms with Gasteiger partial charge in [0.2, 0.25) is 10.0 Å². The summed E-state index contributed by atoms with van der Waals surface area (Å²) in [5.41, 5.74) is -0.137. The van der Waals surface area contributed by atoms with Crippen LogP contribution in [0.25, 0.3) is 0 Å². The van der Waals surface area contributed by atoms with E-state index in [0.29, 0.717) is 0 Å². The molecule has 1 aromatic rings. The molecule has 0 fully saturated rings. The average Bonchev–Trinajstić information content (AvgIpc) is 1.99. The van der Waals surface area contributed by atoms with E-state index in [1.54, 1.807) is 0 Å². The molecule has 6 nitrogen and oxygen atoms in total. The van der Waals surface area contributed by atoms with Crippen LogP contribution in [-0.4, -0.2) is 33.3 Å². The van der Waals surface area contributed by atoms with Crippen molar-refractivity contribution in [3.8, 4) is 0 Å². The molecule has 0 amide bonds. The second-order valence-electron chi connectivity index (χ2n) is 2.94. The Balaban J connectivity index is 3.67. The highest BCUT2D eigenvalue weighted by Crippen LogP contribution is 1.90. The van der Waals surface area contributed by atoms with Gasteiger partial charge in [-0.15, -0.1) is 4.40 Å².